The van der Waals surface area contributed by atoms with Crippen LogP contribution in [0.5, 0.6) is 0 Å². The molecule has 1 heterocycles. The minimum Gasteiger partial charge on any atom is -0.365 e. The maximum Gasteiger partial charge on any atom is 0.251 e. The lowest BCUT2D eigenvalue weighted by Gasteiger charge is -2.08. The number of fused-ring (bicyclic) bond motifs is 1. The first-order valence-electron chi connectivity index (χ1n) is 8.78. The summed E-state index contributed by atoms with van der Waals surface area (Å²) in [7, 11) is 0. The van der Waals surface area contributed by atoms with Gasteiger partial charge in [-0.05, 0) is 48.3 Å². The molecule has 1 aromatic heterocycles. The molecule has 1 aliphatic rings. The van der Waals surface area contributed by atoms with E-state index in [0.717, 1.165) is 30.4 Å². The second-order valence-corrected chi connectivity index (χ2v) is 7.98. The van der Waals surface area contributed by atoms with Gasteiger partial charge in [0, 0.05) is 11.3 Å². The molecule has 0 saturated heterocycles. The third kappa shape index (κ3) is 3.93. The quantitative estimate of drug-likeness (QED) is 0.820. The molecule has 0 radical (unpaired) electrons. The number of anilines is 1. The van der Waals surface area contributed by atoms with Crippen molar-refractivity contribution in [1.82, 2.24) is 0 Å². The third-order valence-electron chi connectivity index (χ3n) is 4.71. The predicted octanol–water partition coefficient (Wildman–Crippen LogP) is 4.03. The van der Waals surface area contributed by atoms with Gasteiger partial charge in [-0.3, -0.25) is 9.59 Å². The van der Waals surface area contributed by atoms with Crippen molar-refractivity contribution >= 4 is 28.2 Å². The minimum absolute atomic E-state index is 0.0737. The van der Waals surface area contributed by atoms with Gasteiger partial charge in [0.05, 0.1) is 5.56 Å². The maximum atomic E-state index is 12.3. The Morgan fingerprint density at radius 1 is 1.20 bits per heavy atom. The molecule has 0 bridgehead atoms. The van der Waals surface area contributed by atoms with Gasteiger partial charge < -0.3 is 11.1 Å². The van der Waals surface area contributed by atoms with Crippen LogP contribution >= 0.6 is 11.3 Å². The Bertz CT molecular complexity index is 791. The summed E-state index contributed by atoms with van der Waals surface area (Å²) < 4.78 is 0. The van der Waals surface area contributed by atoms with Gasteiger partial charge in [-0.1, -0.05) is 38.1 Å². The van der Waals surface area contributed by atoms with Gasteiger partial charge in [0.1, 0.15) is 5.00 Å². The maximum absolute atomic E-state index is 12.3. The van der Waals surface area contributed by atoms with E-state index in [4.69, 9.17) is 5.73 Å². The van der Waals surface area contributed by atoms with Gasteiger partial charge in [0.25, 0.3) is 5.91 Å². The zero-order valence-electron chi connectivity index (χ0n) is 14.7. The summed E-state index contributed by atoms with van der Waals surface area (Å²) in [6.07, 6.45) is 3.98. The minimum atomic E-state index is -0.445. The monoisotopic (exact) mass is 356 g/mol. The number of carbonyl (C=O) groups excluding carboxylic acids is 2. The zero-order chi connectivity index (χ0) is 18.0. The molecule has 1 aromatic carbocycles. The number of hydrogen-bond acceptors (Lipinski definition) is 3. The Hall–Kier alpha value is -2.14. The van der Waals surface area contributed by atoms with Crippen molar-refractivity contribution in [3.63, 3.8) is 0 Å². The van der Waals surface area contributed by atoms with Gasteiger partial charge >= 0.3 is 0 Å². The summed E-state index contributed by atoms with van der Waals surface area (Å²) in [5, 5.41) is 3.52. The molecule has 3 rings (SSSR count). The lowest BCUT2D eigenvalue weighted by atomic mass is 10.0. The van der Waals surface area contributed by atoms with Crippen LogP contribution in [-0.2, 0) is 24.1 Å². The zero-order valence-corrected chi connectivity index (χ0v) is 15.5. The largest absolute Gasteiger partial charge is 0.365 e. The van der Waals surface area contributed by atoms with Crippen LogP contribution in [0.3, 0.4) is 0 Å². The molecule has 132 valence electrons. The van der Waals surface area contributed by atoms with Crippen molar-refractivity contribution in [3.8, 4) is 0 Å². The summed E-state index contributed by atoms with van der Waals surface area (Å²) in [4.78, 5) is 25.3. The Balaban J connectivity index is 1.62. The van der Waals surface area contributed by atoms with Crippen molar-refractivity contribution in [1.29, 1.82) is 0 Å². The van der Waals surface area contributed by atoms with Crippen molar-refractivity contribution in [2.75, 3.05) is 5.32 Å². The van der Waals surface area contributed by atoms with Crippen molar-refractivity contribution < 1.29 is 9.59 Å². The van der Waals surface area contributed by atoms with Gasteiger partial charge in [0.15, 0.2) is 0 Å². The molecule has 1 aliphatic carbocycles. The van der Waals surface area contributed by atoms with E-state index >= 15 is 0 Å². The van der Waals surface area contributed by atoms with Crippen LogP contribution in [0.2, 0.25) is 0 Å². The molecule has 0 fully saturated rings. The molecule has 0 aliphatic heterocycles. The number of hydrogen-bond donors (Lipinski definition) is 2. The van der Waals surface area contributed by atoms with E-state index in [1.165, 1.54) is 21.8 Å². The van der Waals surface area contributed by atoms with Gasteiger partial charge in [-0.2, -0.15) is 0 Å². The number of benzene rings is 1. The van der Waals surface area contributed by atoms with Crippen LogP contribution in [0.15, 0.2) is 24.3 Å². The molecule has 4 nitrogen and oxygen atoms in total. The summed E-state index contributed by atoms with van der Waals surface area (Å²) >= 11 is 1.50. The van der Waals surface area contributed by atoms with Crippen LogP contribution in [-0.4, -0.2) is 11.8 Å². The molecule has 5 heteroatoms. The van der Waals surface area contributed by atoms with Crippen LogP contribution in [0.1, 0.15) is 64.5 Å². The molecule has 0 unspecified atom stereocenters. The highest BCUT2D eigenvalue weighted by molar-refractivity contribution is 7.17. The molecule has 3 N–H and O–H groups in total. The lowest BCUT2D eigenvalue weighted by Crippen LogP contribution is -2.18. The Labute approximate surface area is 152 Å². The number of carbonyl (C=O) groups is 2. The molecule has 2 amide bonds. The van der Waals surface area contributed by atoms with Crippen molar-refractivity contribution in [2.45, 2.75) is 51.9 Å². The summed E-state index contributed by atoms with van der Waals surface area (Å²) in [5.74, 6) is -0.0142. The Kier molecular flexibility index (Phi) is 5.23. The number of thiophene rings is 1. The standard InChI is InChI=1S/C20H24N2O2S/c1-12(2)14-9-6-13(7-10-14)8-11-17(23)22-20-18(19(21)24)15-4-3-5-16(15)25-20/h6-7,9-10,12H,3-5,8,11H2,1-2H3,(H2,21,24)(H,22,23). The molecule has 25 heavy (non-hydrogen) atoms. The van der Waals surface area contributed by atoms with Gasteiger partial charge in [-0.15, -0.1) is 11.3 Å². The molecule has 0 atom stereocenters. The lowest BCUT2D eigenvalue weighted by molar-refractivity contribution is -0.116. The number of rotatable bonds is 6. The topological polar surface area (TPSA) is 72.2 Å². The first kappa shape index (κ1) is 17.7. The SMILES string of the molecule is CC(C)c1ccc(CCC(=O)Nc2sc3c(c2C(N)=O)CCC3)cc1. The fraction of sp³-hybridized carbons (Fsp3) is 0.400. The highest BCUT2D eigenvalue weighted by atomic mass is 32.1. The average Bonchev–Trinajstić information content (AvgIpc) is 3.13. The van der Waals surface area contributed by atoms with Crippen molar-refractivity contribution in [3.05, 3.63) is 51.4 Å². The Morgan fingerprint density at radius 3 is 2.56 bits per heavy atom. The second kappa shape index (κ2) is 7.40. The number of amides is 2. The summed E-state index contributed by atoms with van der Waals surface area (Å²) in [6.45, 7) is 4.33. The third-order valence-corrected chi connectivity index (χ3v) is 5.92. The van der Waals surface area contributed by atoms with E-state index in [2.05, 4.69) is 43.4 Å². The van der Waals surface area contributed by atoms with Gasteiger partial charge in [0.2, 0.25) is 5.91 Å². The number of primary amides is 1. The van der Waals surface area contributed by atoms with E-state index in [1.54, 1.807) is 0 Å². The van der Waals surface area contributed by atoms with Gasteiger partial charge in [-0.25, -0.2) is 0 Å². The molecular formula is C20H24N2O2S. The van der Waals surface area contributed by atoms with E-state index in [1.807, 2.05) is 0 Å². The van der Waals surface area contributed by atoms with E-state index in [-0.39, 0.29) is 5.91 Å². The number of aryl methyl sites for hydroxylation is 2. The number of nitrogens with one attached hydrogen (secondary N) is 1. The van der Waals surface area contributed by atoms with Crippen LogP contribution < -0.4 is 11.1 Å². The van der Waals surface area contributed by atoms with Crippen molar-refractivity contribution in [2.24, 2.45) is 5.73 Å². The summed E-state index contributed by atoms with van der Waals surface area (Å²) in [5.41, 5.74) is 9.53. The highest BCUT2D eigenvalue weighted by Gasteiger charge is 2.25. The summed E-state index contributed by atoms with van der Waals surface area (Å²) in [6, 6.07) is 8.40. The smallest absolute Gasteiger partial charge is 0.251 e. The second-order valence-electron chi connectivity index (χ2n) is 6.87. The fourth-order valence-corrected chi connectivity index (χ4v) is 4.58. The molecule has 0 saturated carbocycles. The van der Waals surface area contributed by atoms with Crippen LogP contribution in [0.25, 0.3) is 0 Å². The van der Waals surface area contributed by atoms with E-state index in [9.17, 15) is 9.59 Å². The predicted molar refractivity (Wildman–Crippen MR) is 102 cm³/mol. The van der Waals surface area contributed by atoms with E-state index in [0.29, 0.717) is 29.3 Å². The fourth-order valence-electron chi connectivity index (χ4n) is 3.27. The highest BCUT2D eigenvalue weighted by Crippen LogP contribution is 2.38. The van der Waals surface area contributed by atoms with Crippen LogP contribution in [0.4, 0.5) is 5.00 Å². The first-order valence-corrected chi connectivity index (χ1v) is 9.60. The number of nitrogens with two attached hydrogens (primary N) is 1. The molecular weight excluding hydrogens is 332 g/mol. The normalized spacial score (nSPS) is 13.1. The average molecular weight is 356 g/mol. The Morgan fingerprint density at radius 2 is 1.92 bits per heavy atom. The first-order chi connectivity index (χ1) is 12.0. The van der Waals surface area contributed by atoms with Crippen LogP contribution in [0, 0.1) is 0 Å². The molecule has 0 spiro atoms. The molecule has 2 aromatic rings. The van der Waals surface area contributed by atoms with E-state index < -0.39 is 5.91 Å².